The Morgan fingerprint density at radius 2 is 1.38 bits per heavy atom. The van der Waals surface area contributed by atoms with Gasteiger partial charge in [0, 0.05) is 18.1 Å². The van der Waals surface area contributed by atoms with E-state index in [2.05, 4.69) is 17.9 Å². The summed E-state index contributed by atoms with van der Waals surface area (Å²) in [6.45, 7) is 14.8. The van der Waals surface area contributed by atoms with Gasteiger partial charge in [-0.1, -0.05) is 31.4 Å². The van der Waals surface area contributed by atoms with Crippen LogP contribution in [0.4, 0.5) is 26.3 Å². The average molecular weight is 559 g/mol. The van der Waals surface area contributed by atoms with Gasteiger partial charge < -0.3 is 14.2 Å². The van der Waals surface area contributed by atoms with Gasteiger partial charge in [0.15, 0.2) is 0 Å². The zero-order valence-electron chi connectivity index (χ0n) is 22.0. The first kappa shape index (κ1) is 31.5. The van der Waals surface area contributed by atoms with Crippen molar-refractivity contribution in [3.05, 3.63) is 72.3 Å². The fourth-order valence-electron chi connectivity index (χ4n) is 4.09. The van der Waals surface area contributed by atoms with Gasteiger partial charge in [-0.15, -0.1) is 0 Å². The molecule has 212 valence electrons. The third-order valence-corrected chi connectivity index (χ3v) is 5.24. The third-order valence-electron chi connectivity index (χ3n) is 5.24. The molecule has 2 rings (SSSR count). The van der Waals surface area contributed by atoms with E-state index >= 15 is 0 Å². The van der Waals surface area contributed by atoms with Crippen LogP contribution in [0.25, 0.3) is 11.1 Å². The summed E-state index contributed by atoms with van der Waals surface area (Å²) in [7, 11) is 0. The van der Waals surface area contributed by atoms with Crippen molar-refractivity contribution in [2.45, 2.75) is 64.6 Å². The number of hydrogen-bond acceptors (Lipinski definition) is 5. The van der Waals surface area contributed by atoms with E-state index in [1.165, 1.54) is 31.2 Å². The van der Waals surface area contributed by atoms with Crippen LogP contribution in [-0.2, 0) is 26.7 Å². The average Bonchev–Trinajstić information content (AvgIpc) is 2.76. The molecule has 0 unspecified atom stereocenters. The highest BCUT2D eigenvalue weighted by Crippen LogP contribution is 2.49. The van der Waals surface area contributed by atoms with Gasteiger partial charge in [-0.2, -0.15) is 26.3 Å². The molecular formula is C28H28F6O5. The van der Waals surface area contributed by atoms with Gasteiger partial charge >= 0.3 is 24.3 Å². The van der Waals surface area contributed by atoms with Gasteiger partial charge in [-0.05, 0) is 63.9 Å². The molecule has 39 heavy (non-hydrogen) atoms. The van der Waals surface area contributed by atoms with Crippen LogP contribution in [0.1, 0.15) is 52.2 Å². The van der Waals surface area contributed by atoms with Crippen LogP contribution in [0.15, 0.2) is 61.2 Å². The second kappa shape index (κ2) is 11.2. The zero-order valence-corrected chi connectivity index (χ0v) is 22.0. The highest BCUT2D eigenvalue weighted by atomic mass is 19.4. The lowest BCUT2D eigenvalue weighted by atomic mass is 9.91. The molecule has 0 saturated carbocycles. The fourth-order valence-corrected chi connectivity index (χ4v) is 4.09. The molecule has 2 aromatic carbocycles. The maximum atomic E-state index is 14.0. The minimum absolute atomic E-state index is 0.185. The van der Waals surface area contributed by atoms with Crippen LogP contribution in [-0.4, -0.2) is 23.1 Å². The minimum Gasteiger partial charge on any atom is -0.488 e. The molecule has 0 N–H and O–H groups in total. The molecule has 0 radical (unpaired) electrons. The lowest BCUT2D eigenvalue weighted by Gasteiger charge is -2.35. The predicted molar refractivity (Wildman–Crippen MR) is 132 cm³/mol. The Labute approximate surface area is 222 Å². The molecule has 2 aromatic rings. The summed E-state index contributed by atoms with van der Waals surface area (Å²) in [6.07, 6.45) is -10.2. The van der Waals surface area contributed by atoms with E-state index in [1.54, 1.807) is 27.7 Å². The van der Waals surface area contributed by atoms with Gasteiger partial charge in [-0.3, -0.25) is 0 Å². The van der Waals surface area contributed by atoms with Crippen molar-refractivity contribution >= 4 is 11.9 Å². The van der Waals surface area contributed by atoms with Crippen molar-refractivity contribution < 1.29 is 50.1 Å². The normalized spacial score (nSPS) is 12.5. The highest BCUT2D eigenvalue weighted by molar-refractivity contribution is 5.87. The number of halogens is 6. The molecule has 11 heteroatoms. The number of ether oxygens (including phenoxy) is 3. The molecule has 0 spiro atoms. The number of carbonyl (C=O) groups excluding carboxylic acids is 2. The first-order chi connectivity index (χ1) is 17.7. The minimum atomic E-state index is -5.49. The molecule has 0 amide bonds. The van der Waals surface area contributed by atoms with Crippen molar-refractivity contribution in [1.82, 2.24) is 0 Å². The monoisotopic (exact) mass is 558 g/mol. The zero-order chi connectivity index (χ0) is 30.0. The third kappa shape index (κ3) is 8.36. The van der Waals surface area contributed by atoms with E-state index in [9.17, 15) is 35.9 Å². The van der Waals surface area contributed by atoms with E-state index in [1.807, 2.05) is 0 Å². The topological polar surface area (TPSA) is 61.8 Å². The van der Waals surface area contributed by atoms with Crippen LogP contribution < -0.4 is 9.47 Å². The van der Waals surface area contributed by atoms with Crippen molar-refractivity contribution in [1.29, 1.82) is 0 Å². The van der Waals surface area contributed by atoms with E-state index in [-0.39, 0.29) is 23.3 Å². The van der Waals surface area contributed by atoms with Crippen LogP contribution in [0.2, 0.25) is 0 Å². The molecule has 0 atom stereocenters. The Hall–Kier alpha value is -3.76. The number of alkyl halides is 6. The second-order valence-electron chi connectivity index (χ2n) is 9.97. The number of benzene rings is 2. The Morgan fingerprint density at radius 3 is 1.85 bits per heavy atom. The predicted octanol–water partition coefficient (Wildman–Crippen LogP) is 7.93. The molecule has 0 heterocycles. The van der Waals surface area contributed by atoms with Crippen molar-refractivity contribution in [2.24, 2.45) is 0 Å². The lowest BCUT2D eigenvalue weighted by Crippen LogP contribution is -2.40. The molecule has 0 fully saturated rings. The quantitative estimate of drug-likeness (QED) is 0.135. The molecular weight excluding hydrogens is 530 g/mol. The summed E-state index contributed by atoms with van der Waals surface area (Å²) in [5.41, 5.74) is -6.74. The smallest absolute Gasteiger partial charge is 0.420 e. The van der Waals surface area contributed by atoms with Crippen LogP contribution in [0.3, 0.4) is 0 Å². The first-order valence-electron chi connectivity index (χ1n) is 11.5. The Balaban J connectivity index is 2.46. The molecule has 0 aliphatic rings. The standard InChI is InChI=1S/C28H28F6O5/c1-8-21(35)37-20-14-13-19(22(27(29,30)31)23(20)28(32,33)34)17-9-11-18(12-10-17)38-25(4,5)15-26(6,7)39-24(36)16(2)3/h8-14H,1-2,15H2,3-7H3. The summed E-state index contributed by atoms with van der Waals surface area (Å²) in [5, 5.41) is 0. The summed E-state index contributed by atoms with van der Waals surface area (Å²) in [5.74, 6) is -3.00. The summed E-state index contributed by atoms with van der Waals surface area (Å²) >= 11 is 0. The highest BCUT2D eigenvalue weighted by Gasteiger charge is 2.48. The molecule has 0 bridgehead atoms. The second-order valence-corrected chi connectivity index (χ2v) is 9.97. The van der Waals surface area contributed by atoms with E-state index < -0.39 is 57.9 Å². The van der Waals surface area contributed by atoms with Gasteiger partial charge in [-0.25, -0.2) is 9.59 Å². The van der Waals surface area contributed by atoms with Gasteiger partial charge in [0.2, 0.25) is 0 Å². The van der Waals surface area contributed by atoms with Crippen LogP contribution in [0, 0.1) is 0 Å². The summed E-state index contributed by atoms with van der Waals surface area (Å²) in [6, 6.07) is 6.42. The van der Waals surface area contributed by atoms with Gasteiger partial charge in [0.25, 0.3) is 0 Å². The Bertz CT molecular complexity index is 1250. The number of hydrogen-bond donors (Lipinski definition) is 0. The first-order valence-corrected chi connectivity index (χ1v) is 11.5. The van der Waals surface area contributed by atoms with E-state index in [0.29, 0.717) is 12.1 Å². The Morgan fingerprint density at radius 1 is 0.846 bits per heavy atom. The number of esters is 2. The maximum Gasteiger partial charge on any atom is 0.420 e. The number of rotatable bonds is 9. The SMILES string of the molecule is C=CC(=O)Oc1ccc(-c2ccc(OC(C)(C)CC(C)(C)OC(=O)C(=C)C)cc2)c(C(F)(F)F)c1C(F)(F)F. The molecule has 0 aliphatic carbocycles. The van der Waals surface area contributed by atoms with Crippen molar-refractivity contribution in [2.75, 3.05) is 0 Å². The van der Waals surface area contributed by atoms with E-state index in [0.717, 1.165) is 6.07 Å². The van der Waals surface area contributed by atoms with Crippen molar-refractivity contribution in [3.8, 4) is 22.6 Å². The van der Waals surface area contributed by atoms with Crippen molar-refractivity contribution in [3.63, 3.8) is 0 Å². The van der Waals surface area contributed by atoms with E-state index in [4.69, 9.17) is 9.47 Å². The number of carbonyl (C=O) groups is 2. The lowest BCUT2D eigenvalue weighted by molar-refractivity contribution is -0.163. The molecule has 5 nitrogen and oxygen atoms in total. The molecule has 0 saturated heterocycles. The van der Waals surface area contributed by atoms with Gasteiger partial charge in [0.05, 0.1) is 5.56 Å². The fraction of sp³-hybridized carbons (Fsp3) is 0.357. The van der Waals surface area contributed by atoms with Crippen LogP contribution >= 0.6 is 0 Å². The summed E-state index contributed by atoms with van der Waals surface area (Å²) in [4.78, 5) is 23.4. The maximum absolute atomic E-state index is 14.0. The largest absolute Gasteiger partial charge is 0.488 e. The molecule has 0 aliphatic heterocycles. The molecule has 0 aromatic heterocycles. The van der Waals surface area contributed by atoms with Gasteiger partial charge in [0.1, 0.15) is 28.3 Å². The van der Waals surface area contributed by atoms with Crippen LogP contribution in [0.5, 0.6) is 11.5 Å². The summed E-state index contributed by atoms with van der Waals surface area (Å²) < 4.78 is 99.3. The Kier molecular flexibility index (Phi) is 9.00.